The van der Waals surface area contributed by atoms with Gasteiger partial charge in [0.2, 0.25) is 5.91 Å². The van der Waals surface area contributed by atoms with Crippen molar-refractivity contribution in [3.05, 3.63) is 0 Å². The zero-order chi connectivity index (χ0) is 9.28. The third kappa shape index (κ3) is 7.33. The second-order valence-electron chi connectivity index (χ2n) is 1.84. The Labute approximate surface area is 69.3 Å². The van der Waals surface area contributed by atoms with Crippen LogP contribution in [0.5, 0.6) is 0 Å². The van der Waals surface area contributed by atoms with Crippen molar-refractivity contribution in [3.8, 4) is 0 Å². The lowest BCUT2D eigenvalue weighted by Gasteiger charge is -2.12. The molecule has 1 amide bonds. The van der Waals surface area contributed by atoms with Gasteiger partial charge in [0.15, 0.2) is 0 Å². The summed E-state index contributed by atoms with van der Waals surface area (Å²) in [7, 11) is 3.27. The van der Waals surface area contributed by atoms with Gasteiger partial charge >= 0.3 is 0 Å². The third-order valence-electron chi connectivity index (χ3n) is 1.17. The number of carbonyl (C=O) groups is 1. The van der Waals surface area contributed by atoms with Crippen LogP contribution >= 0.6 is 0 Å². The SMILES string of the molecule is CC.CCN(C)C(=O)COC. The van der Waals surface area contributed by atoms with Crippen LogP contribution in [0.1, 0.15) is 20.8 Å². The van der Waals surface area contributed by atoms with Crippen molar-refractivity contribution in [3.63, 3.8) is 0 Å². The highest BCUT2D eigenvalue weighted by molar-refractivity contribution is 5.76. The van der Waals surface area contributed by atoms with Crippen LogP contribution < -0.4 is 0 Å². The van der Waals surface area contributed by atoms with E-state index in [9.17, 15) is 4.79 Å². The Morgan fingerprint density at radius 3 is 2.18 bits per heavy atom. The van der Waals surface area contributed by atoms with Crippen molar-refractivity contribution in [2.24, 2.45) is 0 Å². The Balaban J connectivity index is 0. The van der Waals surface area contributed by atoms with Crippen molar-refractivity contribution in [2.75, 3.05) is 27.3 Å². The topological polar surface area (TPSA) is 29.5 Å². The molecule has 0 saturated carbocycles. The third-order valence-corrected chi connectivity index (χ3v) is 1.17. The van der Waals surface area contributed by atoms with E-state index in [4.69, 9.17) is 0 Å². The molecule has 0 N–H and O–H groups in total. The molecule has 0 aliphatic heterocycles. The van der Waals surface area contributed by atoms with Crippen molar-refractivity contribution in [1.29, 1.82) is 0 Å². The first-order valence-electron chi connectivity index (χ1n) is 3.95. The van der Waals surface area contributed by atoms with Gasteiger partial charge < -0.3 is 9.64 Å². The Morgan fingerprint density at radius 2 is 1.91 bits per heavy atom. The molecule has 0 aromatic rings. The summed E-state index contributed by atoms with van der Waals surface area (Å²) in [6.07, 6.45) is 0. The lowest BCUT2D eigenvalue weighted by atomic mass is 10.5. The molecule has 0 aliphatic carbocycles. The fourth-order valence-electron chi connectivity index (χ4n) is 0.410. The molecule has 3 nitrogen and oxygen atoms in total. The Bertz CT molecular complexity index is 94.1. The van der Waals surface area contributed by atoms with Crippen molar-refractivity contribution < 1.29 is 9.53 Å². The standard InChI is InChI=1S/C6H13NO2.C2H6/c1-4-7(2)6(8)5-9-3;1-2/h4-5H2,1-3H3;1-2H3. The lowest BCUT2D eigenvalue weighted by molar-refractivity contribution is -0.133. The number of methoxy groups -OCH3 is 1. The second kappa shape index (κ2) is 9.43. The molecule has 0 spiro atoms. The number of amides is 1. The van der Waals surface area contributed by atoms with E-state index in [0.717, 1.165) is 6.54 Å². The maximum Gasteiger partial charge on any atom is 0.248 e. The Hall–Kier alpha value is -0.570. The van der Waals surface area contributed by atoms with Gasteiger partial charge in [0.25, 0.3) is 0 Å². The summed E-state index contributed by atoms with van der Waals surface area (Å²) >= 11 is 0. The number of rotatable bonds is 3. The molecule has 0 aliphatic rings. The first-order valence-corrected chi connectivity index (χ1v) is 3.95. The number of hydrogen-bond donors (Lipinski definition) is 0. The minimum atomic E-state index is 0.0278. The highest BCUT2D eigenvalue weighted by Gasteiger charge is 2.03. The molecule has 0 aromatic heterocycles. The first kappa shape index (κ1) is 13.1. The van der Waals surface area contributed by atoms with Gasteiger partial charge in [-0.05, 0) is 6.92 Å². The zero-order valence-electron chi connectivity index (χ0n) is 8.18. The molecule has 0 rings (SSSR count). The molecule has 3 heteroatoms. The summed E-state index contributed by atoms with van der Waals surface area (Å²) in [4.78, 5) is 12.4. The number of hydrogen-bond acceptors (Lipinski definition) is 2. The van der Waals surface area contributed by atoms with Gasteiger partial charge in [0.05, 0.1) is 0 Å². The maximum absolute atomic E-state index is 10.8. The van der Waals surface area contributed by atoms with Crippen LogP contribution in [0, 0.1) is 0 Å². The van der Waals surface area contributed by atoms with Gasteiger partial charge in [0, 0.05) is 20.7 Å². The minimum Gasteiger partial charge on any atom is -0.375 e. The predicted molar refractivity (Wildman–Crippen MR) is 46.5 cm³/mol. The monoisotopic (exact) mass is 161 g/mol. The Kier molecular flexibility index (Phi) is 11.2. The maximum atomic E-state index is 10.8. The largest absolute Gasteiger partial charge is 0.375 e. The molecule has 0 unspecified atom stereocenters. The molecule has 0 fully saturated rings. The second-order valence-corrected chi connectivity index (χ2v) is 1.84. The van der Waals surface area contributed by atoms with Gasteiger partial charge in [-0.3, -0.25) is 4.79 Å². The van der Waals surface area contributed by atoms with Gasteiger partial charge in [-0.25, -0.2) is 0 Å². The quantitative estimate of drug-likeness (QED) is 0.621. The number of nitrogens with zero attached hydrogens (tertiary/aromatic N) is 1. The molecule has 68 valence electrons. The summed E-state index contributed by atoms with van der Waals surface area (Å²) in [5, 5.41) is 0. The fraction of sp³-hybridized carbons (Fsp3) is 0.875. The van der Waals surface area contributed by atoms with E-state index in [0.29, 0.717) is 0 Å². The summed E-state index contributed by atoms with van der Waals surface area (Å²) in [6, 6.07) is 0. The minimum absolute atomic E-state index is 0.0278. The molecule has 11 heavy (non-hydrogen) atoms. The van der Waals surface area contributed by atoms with Crippen LogP contribution in [-0.4, -0.2) is 38.1 Å². The number of carbonyl (C=O) groups excluding carboxylic acids is 1. The average molecular weight is 161 g/mol. The predicted octanol–water partition coefficient (Wildman–Crippen LogP) is 1.14. The van der Waals surface area contributed by atoms with E-state index >= 15 is 0 Å². The van der Waals surface area contributed by atoms with Crippen molar-refractivity contribution in [2.45, 2.75) is 20.8 Å². The highest BCUT2D eigenvalue weighted by Crippen LogP contribution is 1.82. The number of likely N-dealkylation sites (N-methyl/N-ethyl adjacent to an activating group) is 1. The van der Waals surface area contributed by atoms with Crippen LogP contribution in [0.2, 0.25) is 0 Å². The summed E-state index contributed by atoms with van der Waals surface area (Å²) in [6.45, 7) is 6.85. The van der Waals surface area contributed by atoms with Gasteiger partial charge in [-0.2, -0.15) is 0 Å². The molecule has 0 atom stereocenters. The van der Waals surface area contributed by atoms with E-state index in [2.05, 4.69) is 4.74 Å². The molecule has 0 bridgehead atoms. The molecule has 0 aromatic carbocycles. The molecule has 0 heterocycles. The van der Waals surface area contributed by atoms with Crippen LogP contribution in [0.25, 0.3) is 0 Å². The highest BCUT2D eigenvalue weighted by atomic mass is 16.5. The van der Waals surface area contributed by atoms with Crippen molar-refractivity contribution in [1.82, 2.24) is 4.90 Å². The molecule has 0 saturated heterocycles. The molecule has 0 radical (unpaired) electrons. The van der Waals surface area contributed by atoms with E-state index in [1.165, 1.54) is 7.11 Å². The molecular formula is C8H19NO2. The summed E-state index contributed by atoms with van der Waals surface area (Å²) in [5.41, 5.74) is 0. The first-order chi connectivity index (χ1) is 5.22. The van der Waals surface area contributed by atoms with Gasteiger partial charge in [-0.15, -0.1) is 0 Å². The zero-order valence-corrected chi connectivity index (χ0v) is 8.18. The Morgan fingerprint density at radius 1 is 1.45 bits per heavy atom. The number of ether oxygens (including phenoxy) is 1. The smallest absolute Gasteiger partial charge is 0.248 e. The molecular weight excluding hydrogens is 142 g/mol. The normalized spacial score (nSPS) is 8.09. The summed E-state index contributed by atoms with van der Waals surface area (Å²) < 4.78 is 4.64. The van der Waals surface area contributed by atoms with E-state index in [1.807, 2.05) is 20.8 Å². The van der Waals surface area contributed by atoms with E-state index < -0.39 is 0 Å². The van der Waals surface area contributed by atoms with Crippen LogP contribution in [0.15, 0.2) is 0 Å². The van der Waals surface area contributed by atoms with Crippen LogP contribution in [-0.2, 0) is 9.53 Å². The van der Waals surface area contributed by atoms with Crippen molar-refractivity contribution >= 4 is 5.91 Å². The van der Waals surface area contributed by atoms with Crippen LogP contribution in [0.4, 0.5) is 0 Å². The summed E-state index contributed by atoms with van der Waals surface area (Å²) in [5.74, 6) is 0.0278. The van der Waals surface area contributed by atoms with E-state index in [1.54, 1.807) is 11.9 Å². The van der Waals surface area contributed by atoms with Gasteiger partial charge in [0.1, 0.15) is 6.61 Å². The lowest BCUT2D eigenvalue weighted by Crippen LogP contribution is -2.29. The van der Waals surface area contributed by atoms with Crippen LogP contribution in [0.3, 0.4) is 0 Å². The average Bonchev–Trinajstić information content (AvgIpc) is 2.07. The van der Waals surface area contributed by atoms with E-state index in [-0.39, 0.29) is 12.5 Å². The van der Waals surface area contributed by atoms with Gasteiger partial charge in [-0.1, -0.05) is 13.8 Å². The fourth-order valence-corrected chi connectivity index (χ4v) is 0.410.